The number of para-hydroxylation sites is 1. The Morgan fingerprint density at radius 1 is 1.14 bits per heavy atom. The number of rotatable bonds is 6. The van der Waals surface area contributed by atoms with Gasteiger partial charge in [-0.25, -0.2) is 0 Å². The fraction of sp³-hybridized carbons (Fsp3) is 0.333. The van der Waals surface area contributed by atoms with Gasteiger partial charge in [0.2, 0.25) is 0 Å². The van der Waals surface area contributed by atoms with E-state index in [1.165, 1.54) is 23.4 Å². The van der Waals surface area contributed by atoms with Crippen LogP contribution in [0.3, 0.4) is 0 Å². The Hall–Kier alpha value is -1.76. The summed E-state index contributed by atoms with van der Waals surface area (Å²) in [4.78, 5) is 4.73. The molecule has 0 atom stereocenters. The molecular formula is C18H21NOS. The molecule has 0 bridgehead atoms. The monoisotopic (exact) mass is 299 g/mol. The van der Waals surface area contributed by atoms with E-state index >= 15 is 0 Å². The molecule has 0 radical (unpaired) electrons. The molecule has 2 nitrogen and oxygen atoms in total. The lowest BCUT2D eigenvalue weighted by Gasteiger charge is -2.24. The third kappa shape index (κ3) is 4.93. The molecule has 0 unspecified atom stereocenters. The quantitative estimate of drug-likeness (QED) is 0.818. The van der Waals surface area contributed by atoms with E-state index in [1.54, 1.807) is 11.3 Å². The zero-order valence-corrected chi connectivity index (χ0v) is 13.2. The summed E-state index contributed by atoms with van der Waals surface area (Å²) in [5, 5.41) is 8.75. The van der Waals surface area contributed by atoms with Crippen LogP contribution in [0, 0.1) is 11.8 Å². The summed E-state index contributed by atoms with van der Waals surface area (Å²) in [6, 6.07) is 14.7. The van der Waals surface area contributed by atoms with Gasteiger partial charge in [-0.2, -0.15) is 0 Å². The zero-order valence-electron chi connectivity index (χ0n) is 12.4. The van der Waals surface area contributed by atoms with Gasteiger partial charge in [0.15, 0.2) is 0 Å². The number of hydrogen-bond donors (Lipinski definition) is 1. The van der Waals surface area contributed by atoms with Crippen LogP contribution < -0.4 is 4.90 Å². The lowest BCUT2D eigenvalue weighted by molar-refractivity contribution is 0.350. The van der Waals surface area contributed by atoms with E-state index in [0.29, 0.717) is 0 Å². The molecule has 1 N–H and O–H groups in total. The molecule has 0 spiro atoms. The number of benzene rings is 1. The van der Waals surface area contributed by atoms with Crippen molar-refractivity contribution in [2.75, 3.05) is 18.1 Å². The van der Waals surface area contributed by atoms with Crippen LogP contribution in [0.5, 0.6) is 0 Å². The summed E-state index contributed by atoms with van der Waals surface area (Å²) >= 11 is 1.70. The molecule has 2 aromatic rings. The van der Waals surface area contributed by atoms with Crippen molar-refractivity contribution in [2.45, 2.75) is 26.3 Å². The Balaban J connectivity index is 2.09. The van der Waals surface area contributed by atoms with Crippen LogP contribution in [0.1, 0.15) is 29.5 Å². The summed E-state index contributed by atoms with van der Waals surface area (Å²) in [7, 11) is 0. The van der Waals surface area contributed by atoms with Gasteiger partial charge < -0.3 is 10.0 Å². The van der Waals surface area contributed by atoms with Gasteiger partial charge >= 0.3 is 0 Å². The average Bonchev–Trinajstić information content (AvgIpc) is 2.97. The highest BCUT2D eigenvalue weighted by Crippen LogP contribution is 2.22. The number of nitrogens with zero attached hydrogens (tertiary/aromatic N) is 1. The highest BCUT2D eigenvalue weighted by atomic mass is 32.1. The topological polar surface area (TPSA) is 23.5 Å². The molecule has 0 saturated carbocycles. The number of thiophene rings is 1. The van der Waals surface area contributed by atoms with Gasteiger partial charge in [-0.05, 0) is 30.7 Å². The second-order valence-corrected chi connectivity index (χ2v) is 6.00. The van der Waals surface area contributed by atoms with E-state index in [9.17, 15) is 0 Å². The highest BCUT2D eigenvalue weighted by molar-refractivity contribution is 7.12. The van der Waals surface area contributed by atoms with Crippen molar-refractivity contribution in [3.8, 4) is 11.8 Å². The molecule has 3 heteroatoms. The first-order valence-electron chi connectivity index (χ1n) is 7.32. The first-order valence-corrected chi connectivity index (χ1v) is 8.13. The van der Waals surface area contributed by atoms with Gasteiger partial charge in [-0.15, -0.1) is 11.3 Å². The zero-order chi connectivity index (χ0) is 14.9. The fourth-order valence-corrected chi connectivity index (χ4v) is 3.03. The predicted molar refractivity (Wildman–Crippen MR) is 90.7 cm³/mol. The van der Waals surface area contributed by atoms with Crippen LogP contribution in [0.2, 0.25) is 0 Å². The molecule has 110 valence electrons. The largest absolute Gasteiger partial charge is 0.384 e. The summed E-state index contributed by atoms with van der Waals surface area (Å²) in [6.07, 6.45) is 2.39. The van der Waals surface area contributed by atoms with Crippen LogP contribution in [0.15, 0.2) is 42.5 Å². The fourth-order valence-electron chi connectivity index (χ4n) is 2.13. The van der Waals surface area contributed by atoms with Crippen molar-refractivity contribution >= 4 is 17.0 Å². The third-order valence-corrected chi connectivity index (χ3v) is 4.19. The molecule has 21 heavy (non-hydrogen) atoms. The normalized spacial score (nSPS) is 10.0. The highest BCUT2D eigenvalue weighted by Gasteiger charge is 2.08. The predicted octanol–water partition coefficient (Wildman–Crippen LogP) is 3.90. The molecule has 0 aliphatic heterocycles. The minimum Gasteiger partial charge on any atom is -0.384 e. The lowest BCUT2D eigenvalue weighted by Crippen LogP contribution is -2.23. The standard InChI is InChI=1S/C18H21NOS/c1-2-3-13-19(16-8-5-4-6-9-16)15-18-12-11-17(21-18)10-7-14-20/h4-6,8-9,11-12,20H,2-3,13-15H2,1H3. The SMILES string of the molecule is CCCCN(Cc1ccc(C#CCO)s1)c1ccccc1. The van der Waals surface area contributed by atoms with E-state index < -0.39 is 0 Å². The van der Waals surface area contributed by atoms with Gasteiger partial charge in [-0.3, -0.25) is 0 Å². The van der Waals surface area contributed by atoms with Crippen LogP contribution >= 0.6 is 11.3 Å². The summed E-state index contributed by atoms with van der Waals surface area (Å²) < 4.78 is 0. The Kier molecular flexibility index (Phi) is 6.33. The molecule has 1 aromatic carbocycles. The van der Waals surface area contributed by atoms with Gasteiger partial charge in [0.05, 0.1) is 11.4 Å². The number of aliphatic hydroxyl groups is 1. The Labute approximate surface area is 131 Å². The van der Waals surface area contributed by atoms with E-state index in [2.05, 4.69) is 60.1 Å². The lowest BCUT2D eigenvalue weighted by atomic mass is 10.2. The third-order valence-electron chi connectivity index (χ3n) is 3.20. The van der Waals surface area contributed by atoms with Crippen molar-refractivity contribution in [3.05, 3.63) is 52.2 Å². The number of unbranched alkanes of at least 4 members (excludes halogenated alkanes) is 1. The molecular weight excluding hydrogens is 278 g/mol. The minimum absolute atomic E-state index is 0.0835. The Morgan fingerprint density at radius 2 is 1.95 bits per heavy atom. The number of aliphatic hydroxyl groups excluding tert-OH is 1. The van der Waals surface area contributed by atoms with Crippen LogP contribution in [-0.4, -0.2) is 18.3 Å². The Bertz CT molecular complexity index is 594. The summed E-state index contributed by atoms with van der Waals surface area (Å²) in [5.74, 6) is 5.67. The second-order valence-electron chi connectivity index (χ2n) is 4.84. The minimum atomic E-state index is -0.0835. The van der Waals surface area contributed by atoms with Crippen molar-refractivity contribution < 1.29 is 5.11 Å². The molecule has 0 fully saturated rings. The van der Waals surface area contributed by atoms with Crippen molar-refractivity contribution in [2.24, 2.45) is 0 Å². The Morgan fingerprint density at radius 3 is 2.67 bits per heavy atom. The second kappa shape index (κ2) is 8.51. The first kappa shape index (κ1) is 15.6. The van der Waals surface area contributed by atoms with Gasteiger partial charge in [0.25, 0.3) is 0 Å². The molecule has 2 rings (SSSR count). The van der Waals surface area contributed by atoms with Gasteiger partial charge in [-0.1, -0.05) is 43.4 Å². The molecule has 0 aliphatic carbocycles. The van der Waals surface area contributed by atoms with Gasteiger partial charge in [0.1, 0.15) is 6.61 Å². The number of anilines is 1. The molecule has 0 aliphatic rings. The maximum atomic E-state index is 8.75. The average molecular weight is 299 g/mol. The summed E-state index contributed by atoms with van der Waals surface area (Å²) in [6.45, 7) is 4.11. The van der Waals surface area contributed by atoms with E-state index in [4.69, 9.17) is 5.11 Å². The van der Waals surface area contributed by atoms with Gasteiger partial charge in [0, 0.05) is 17.1 Å². The maximum absolute atomic E-state index is 8.75. The van der Waals surface area contributed by atoms with E-state index in [-0.39, 0.29) is 6.61 Å². The first-order chi connectivity index (χ1) is 10.3. The van der Waals surface area contributed by atoms with Crippen molar-refractivity contribution in [1.29, 1.82) is 0 Å². The summed E-state index contributed by atoms with van der Waals surface area (Å²) in [5.41, 5.74) is 1.27. The van der Waals surface area contributed by atoms with Crippen LogP contribution in [0.25, 0.3) is 0 Å². The molecule has 1 aromatic heterocycles. The van der Waals surface area contributed by atoms with E-state index in [1.807, 2.05) is 6.07 Å². The van der Waals surface area contributed by atoms with Crippen molar-refractivity contribution in [3.63, 3.8) is 0 Å². The molecule has 0 saturated heterocycles. The molecule has 0 amide bonds. The van der Waals surface area contributed by atoms with Crippen LogP contribution in [-0.2, 0) is 6.54 Å². The molecule has 1 heterocycles. The number of hydrogen-bond acceptors (Lipinski definition) is 3. The maximum Gasteiger partial charge on any atom is 0.104 e. The van der Waals surface area contributed by atoms with Crippen LogP contribution in [0.4, 0.5) is 5.69 Å². The van der Waals surface area contributed by atoms with E-state index in [0.717, 1.165) is 18.0 Å². The smallest absolute Gasteiger partial charge is 0.104 e. The van der Waals surface area contributed by atoms with Crippen molar-refractivity contribution in [1.82, 2.24) is 0 Å².